The van der Waals surface area contributed by atoms with Gasteiger partial charge in [-0.1, -0.05) is 0 Å². The summed E-state index contributed by atoms with van der Waals surface area (Å²) in [5.74, 6) is -4.10. The van der Waals surface area contributed by atoms with Gasteiger partial charge in [0.15, 0.2) is 43.1 Å². The van der Waals surface area contributed by atoms with Crippen LogP contribution >= 0.6 is 0 Å². The zero-order valence-electron chi connectivity index (χ0n) is 21.2. The number of hydrogen-bond donors (Lipinski definition) is 2. The summed E-state index contributed by atoms with van der Waals surface area (Å²) in [6.45, 7) is 6.06. The van der Waals surface area contributed by atoms with Crippen LogP contribution in [-0.4, -0.2) is 108 Å². The Balaban J connectivity index is 2.50. The highest BCUT2D eigenvalue weighted by Crippen LogP contribution is 2.34. The second kappa shape index (κ2) is 13.1. The Hall–Kier alpha value is -2.85. The van der Waals surface area contributed by atoms with Gasteiger partial charge in [0, 0.05) is 34.6 Å². The van der Waals surface area contributed by atoms with Crippen LogP contribution < -0.4 is 0 Å². The van der Waals surface area contributed by atoms with Crippen molar-refractivity contribution in [3.05, 3.63) is 0 Å². The fraction of sp³-hybridized carbons (Fsp3) is 0.773. The summed E-state index contributed by atoms with van der Waals surface area (Å²) >= 11 is 0. The van der Waals surface area contributed by atoms with Gasteiger partial charge in [-0.25, -0.2) is 0 Å². The molecule has 0 aromatic rings. The average Bonchev–Trinajstić information content (AvgIpc) is 2.75. The van der Waals surface area contributed by atoms with Crippen molar-refractivity contribution in [2.24, 2.45) is 0 Å². The van der Waals surface area contributed by atoms with Crippen molar-refractivity contribution in [2.45, 2.75) is 103 Å². The molecule has 0 aromatic heterocycles. The lowest BCUT2D eigenvalue weighted by molar-refractivity contribution is -0.353. The second-order valence-corrected chi connectivity index (χ2v) is 8.43. The van der Waals surface area contributed by atoms with Gasteiger partial charge in [-0.2, -0.15) is 0 Å². The summed E-state index contributed by atoms with van der Waals surface area (Å²) in [6, 6.07) is 0. The van der Waals surface area contributed by atoms with Gasteiger partial charge in [0.2, 0.25) is 0 Å². The monoisotopic (exact) mass is 536 g/mol. The molecule has 0 bridgehead atoms. The largest absolute Gasteiger partial charge is 0.456 e. The molecule has 2 heterocycles. The molecular weight excluding hydrogens is 504 g/mol. The molecule has 2 aliphatic rings. The highest BCUT2D eigenvalue weighted by molar-refractivity contribution is 5.69. The molecule has 0 unspecified atom stereocenters. The van der Waals surface area contributed by atoms with E-state index in [1.807, 2.05) is 0 Å². The molecule has 2 aliphatic heterocycles. The predicted molar refractivity (Wildman–Crippen MR) is 115 cm³/mol. The molecule has 15 heteroatoms. The Kier molecular flexibility index (Phi) is 10.8. The maximum atomic E-state index is 11.9. The summed E-state index contributed by atoms with van der Waals surface area (Å²) in [7, 11) is 0. The first-order chi connectivity index (χ1) is 17.2. The Morgan fingerprint density at radius 1 is 0.622 bits per heavy atom. The van der Waals surface area contributed by atoms with Crippen LogP contribution in [0.2, 0.25) is 0 Å². The first-order valence-electron chi connectivity index (χ1n) is 11.4. The number of esters is 5. The highest BCUT2D eigenvalue weighted by atomic mass is 16.8. The molecule has 0 saturated carbocycles. The van der Waals surface area contributed by atoms with E-state index in [2.05, 4.69) is 0 Å². The second-order valence-electron chi connectivity index (χ2n) is 8.43. The van der Waals surface area contributed by atoms with Crippen molar-refractivity contribution in [1.29, 1.82) is 0 Å². The minimum Gasteiger partial charge on any atom is -0.456 e. The van der Waals surface area contributed by atoms with Gasteiger partial charge in [0.05, 0.1) is 12.7 Å². The Morgan fingerprint density at radius 2 is 1.03 bits per heavy atom. The smallest absolute Gasteiger partial charge is 0.303 e. The van der Waals surface area contributed by atoms with E-state index in [9.17, 15) is 34.2 Å². The molecule has 0 aromatic carbocycles. The fourth-order valence-electron chi connectivity index (χ4n) is 4.09. The van der Waals surface area contributed by atoms with Crippen LogP contribution in [0.4, 0.5) is 0 Å². The molecule has 0 radical (unpaired) electrons. The first-order valence-corrected chi connectivity index (χ1v) is 11.4. The molecule has 210 valence electrons. The predicted octanol–water partition coefficient (Wildman–Crippen LogP) is -1.52. The number of rotatable bonds is 8. The molecule has 2 rings (SSSR count). The van der Waals surface area contributed by atoms with E-state index < -0.39 is 97.9 Å². The summed E-state index contributed by atoms with van der Waals surface area (Å²) < 4.78 is 43.3. The van der Waals surface area contributed by atoms with Crippen LogP contribution in [0.5, 0.6) is 0 Å². The molecule has 10 atom stereocenters. The van der Waals surface area contributed by atoms with Crippen LogP contribution in [0.1, 0.15) is 41.5 Å². The Labute approximate surface area is 212 Å². The van der Waals surface area contributed by atoms with E-state index in [1.165, 1.54) is 6.92 Å². The van der Waals surface area contributed by atoms with Crippen molar-refractivity contribution in [1.82, 2.24) is 0 Å². The maximum Gasteiger partial charge on any atom is 0.303 e. The molecule has 15 nitrogen and oxygen atoms in total. The van der Waals surface area contributed by atoms with Gasteiger partial charge >= 0.3 is 29.8 Å². The van der Waals surface area contributed by atoms with E-state index in [0.717, 1.165) is 34.6 Å². The number of ether oxygens (including phenoxy) is 8. The Morgan fingerprint density at radius 3 is 1.49 bits per heavy atom. The number of aliphatic hydroxyl groups excluding tert-OH is 2. The van der Waals surface area contributed by atoms with E-state index in [4.69, 9.17) is 37.9 Å². The van der Waals surface area contributed by atoms with Gasteiger partial charge in [-0.15, -0.1) is 0 Å². The number of aliphatic hydroxyl groups is 2. The molecule has 2 N–H and O–H groups in total. The van der Waals surface area contributed by atoms with Gasteiger partial charge < -0.3 is 48.1 Å². The average molecular weight is 536 g/mol. The minimum absolute atomic E-state index is 0.735. The lowest BCUT2D eigenvalue weighted by Crippen LogP contribution is -2.66. The third-order valence-corrected chi connectivity index (χ3v) is 5.32. The molecule has 2 fully saturated rings. The number of carbonyl (C=O) groups is 5. The van der Waals surface area contributed by atoms with Crippen molar-refractivity contribution < 1.29 is 72.1 Å². The molecular formula is C22H32O15. The SMILES string of the molecule is CC(=O)O[C@@H]1[C@@H](O[C@@H]2O[C@H](CO)[C@@H](OC(C)=O)[C@H](OC(C)=O)[C@H]2OC(C)=O)[C@H](C)O[C@@H](O)[C@@H]1OC(C)=O. The van der Waals surface area contributed by atoms with Gasteiger partial charge in [-0.05, 0) is 6.92 Å². The van der Waals surface area contributed by atoms with Gasteiger partial charge in [0.1, 0.15) is 12.2 Å². The highest BCUT2D eigenvalue weighted by Gasteiger charge is 2.56. The van der Waals surface area contributed by atoms with E-state index in [0.29, 0.717) is 0 Å². The van der Waals surface area contributed by atoms with Crippen molar-refractivity contribution in [3.8, 4) is 0 Å². The normalized spacial score (nSPS) is 35.6. The zero-order chi connectivity index (χ0) is 28.0. The lowest BCUT2D eigenvalue weighted by atomic mass is 9.96. The van der Waals surface area contributed by atoms with E-state index in [-0.39, 0.29) is 0 Å². The van der Waals surface area contributed by atoms with E-state index in [1.54, 1.807) is 0 Å². The fourth-order valence-corrected chi connectivity index (χ4v) is 4.09. The number of hydrogen-bond acceptors (Lipinski definition) is 15. The lowest BCUT2D eigenvalue weighted by Gasteiger charge is -2.47. The third-order valence-electron chi connectivity index (χ3n) is 5.32. The first kappa shape index (κ1) is 30.4. The quantitative estimate of drug-likeness (QED) is 0.267. The summed E-state index contributed by atoms with van der Waals surface area (Å²) in [6.07, 6.45) is -14.3. The summed E-state index contributed by atoms with van der Waals surface area (Å²) in [4.78, 5) is 59.0. The van der Waals surface area contributed by atoms with Crippen LogP contribution in [0.3, 0.4) is 0 Å². The maximum absolute atomic E-state index is 11.9. The standard InChI is InChI=1S/C22H32O15/c1-8-15(17(32-10(3)25)19(21(29)30-8)34-12(5)27)37-22-20(35-13(6)28)18(33-11(4)26)16(31-9(2)24)14(7-23)36-22/h8,14-23,29H,7H2,1-6H3/t8-,14+,15-,16+,17+,18-,19+,20+,21+,22-/m0/s1. The topological polar surface area (TPSA) is 200 Å². The van der Waals surface area contributed by atoms with Crippen molar-refractivity contribution >= 4 is 29.8 Å². The van der Waals surface area contributed by atoms with Crippen LogP contribution in [0, 0.1) is 0 Å². The zero-order valence-corrected chi connectivity index (χ0v) is 21.2. The molecule has 37 heavy (non-hydrogen) atoms. The van der Waals surface area contributed by atoms with Crippen LogP contribution in [0.25, 0.3) is 0 Å². The Bertz CT molecular complexity index is 859. The van der Waals surface area contributed by atoms with Gasteiger partial charge in [0.25, 0.3) is 0 Å². The third kappa shape index (κ3) is 8.07. The van der Waals surface area contributed by atoms with E-state index >= 15 is 0 Å². The summed E-state index contributed by atoms with van der Waals surface area (Å²) in [5.41, 5.74) is 0. The van der Waals surface area contributed by atoms with Crippen LogP contribution in [-0.2, 0) is 61.9 Å². The molecule has 0 amide bonds. The molecule has 0 aliphatic carbocycles. The van der Waals surface area contributed by atoms with Crippen molar-refractivity contribution in [2.75, 3.05) is 6.61 Å². The van der Waals surface area contributed by atoms with Crippen molar-refractivity contribution in [3.63, 3.8) is 0 Å². The number of carbonyl (C=O) groups excluding carboxylic acids is 5. The minimum atomic E-state index is -1.69. The van der Waals surface area contributed by atoms with Gasteiger partial charge in [-0.3, -0.25) is 24.0 Å². The molecule has 2 saturated heterocycles. The summed E-state index contributed by atoms with van der Waals surface area (Å²) in [5, 5.41) is 20.2. The molecule has 0 spiro atoms. The van der Waals surface area contributed by atoms with Crippen LogP contribution in [0.15, 0.2) is 0 Å².